The van der Waals surface area contributed by atoms with Crippen molar-refractivity contribution in [1.29, 1.82) is 0 Å². The molecule has 16 nitrogen and oxygen atoms in total. The second-order valence-corrected chi connectivity index (χ2v) is 24.1. The van der Waals surface area contributed by atoms with Crippen molar-refractivity contribution < 1.29 is 23.9 Å². The largest absolute Gasteiger partial charge is 0.497 e. The first kappa shape index (κ1) is 53.9. The molecular formula is C66H76N10O6. The third-order valence-corrected chi connectivity index (χ3v) is 19.1. The summed E-state index contributed by atoms with van der Waals surface area (Å²) in [7, 11) is 5.51. The van der Waals surface area contributed by atoms with Crippen LogP contribution < -0.4 is 10.4 Å². The number of likely N-dealkylation sites (tertiary alicyclic amines) is 4. The zero-order valence-corrected chi connectivity index (χ0v) is 47.8. The molecule has 9 heterocycles. The van der Waals surface area contributed by atoms with Gasteiger partial charge in [-0.2, -0.15) is 5.10 Å². The summed E-state index contributed by atoms with van der Waals surface area (Å²) in [5.74, 6) is 2.09. The average Bonchev–Trinajstić information content (AvgIpc) is 3.61. The van der Waals surface area contributed by atoms with Gasteiger partial charge < -0.3 is 18.9 Å². The topological polar surface area (TPSA) is 145 Å². The van der Waals surface area contributed by atoms with Gasteiger partial charge in [0.25, 0.3) is 11.8 Å². The Morgan fingerprint density at radius 1 is 0.683 bits per heavy atom. The molecule has 82 heavy (non-hydrogen) atoms. The SMILES string of the molecule is COc1ccc(CN2C(=O)CCC(n3c(=O)n(C)c4cc(CN5CCC(CC6CCN(C(=O)c7ccc(C8CCN(Cc9cc%10c(-c%11ccc%12c(cnn%12C%12CCCCO%12)c%11)ccnc%10n9C)CC8)cc7)CC6)CC5)ccc43)C2=O)cc1. The Morgan fingerprint density at radius 3 is 2.15 bits per heavy atom. The summed E-state index contributed by atoms with van der Waals surface area (Å²) in [6, 6.07) is 32.4. The number of piperidine rings is 4. The Hall–Kier alpha value is -7.40. The van der Waals surface area contributed by atoms with Crippen LogP contribution in [0.1, 0.15) is 128 Å². The normalized spacial score (nSPS) is 20.5. The lowest BCUT2D eigenvalue weighted by atomic mass is 9.82. The highest BCUT2D eigenvalue weighted by atomic mass is 16.5. The molecule has 426 valence electrons. The minimum Gasteiger partial charge on any atom is -0.497 e. The maximum Gasteiger partial charge on any atom is 0.329 e. The number of amides is 3. The van der Waals surface area contributed by atoms with Crippen LogP contribution in [0.5, 0.6) is 5.75 Å². The number of pyridine rings is 1. The maximum absolute atomic E-state index is 13.9. The highest BCUT2D eigenvalue weighted by Gasteiger charge is 2.38. The van der Waals surface area contributed by atoms with Gasteiger partial charge in [-0.1, -0.05) is 36.4 Å². The van der Waals surface area contributed by atoms with Crippen LogP contribution in [0.15, 0.2) is 114 Å². The predicted molar refractivity (Wildman–Crippen MR) is 317 cm³/mol. The van der Waals surface area contributed by atoms with Gasteiger partial charge in [0, 0.05) is 81.5 Å². The van der Waals surface area contributed by atoms with Gasteiger partial charge in [-0.05, 0) is 203 Å². The minimum atomic E-state index is -0.749. The molecule has 0 N–H and O–H groups in total. The number of carbonyl (C=O) groups is 3. The van der Waals surface area contributed by atoms with Gasteiger partial charge in [0.1, 0.15) is 17.4 Å². The number of imide groups is 1. The second-order valence-electron chi connectivity index (χ2n) is 24.1. The van der Waals surface area contributed by atoms with Crippen LogP contribution in [-0.4, -0.2) is 119 Å². The molecule has 0 bridgehead atoms. The van der Waals surface area contributed by atoms with E-state index in [4.69, 9.17) is 19.6 Å². The molecule has 0 radical (unpaired) electrons. The van der Waals surface area contributed by atoms with Crippen molar-refractivity contribution in [1.82, 2.24) is 48.1 Å². The molecule has 5 aliphatic heterocycles. The zero-order valence-electron chi connectivity index (χ0n) is 47.8. The van der Waals surface area contributed by atoms with Crippen molar-refractivity contribution >= 4 is 50.7 Å². The number of benzene rings is 4. The summed E-state index contributed by atoms with van der Waals surface area (Å²) >= 11 is 0. The van der Waals surface area contributed by atoms with E-state index in [-0.39, 0.29) is 42.6 Å². The molecule has 0 spiro atoms. The van der Waals surface area contributed by atoms with E-state index in [9.17, 15) is 19.2 Å². The molecule has 3 amide bonds. The summed E-state index contributed by atoms with van der Waals surface area (Å²) in [5, 5.41) is 7.03. The summed E-state index contributed by atoms with van der Waals surface area (Å²) in [4.78, 5) is 67.8. The van der Waals surface area contributed by atoms with Gasteiger partial charge >= 0.3 is 5.69 Å². The van der Waals surface area contributed by atoms with Crippen molar-refractivity contribution in [2.24, 2.45) is 25.9 Å². The van der Waals surface area contributed by atoms with E-state index in [1.165, 1.54) is 45.5 Å². The Morgan fingerprint density at radius 2 is 1.40 bits per heavy atom. The van der Waals surface area contributed by atoms with Crippen LogP contribution in [0.3, 0.4) is 0 Å². The lowest BCUT2D eigenvalue weighted by molar-refractivity contribution is -0.151. The summed E-state index contributed by atoms with van der Waals surface area (Å²) in [6.07, 6.45) is 15.5. The molecule has 5 aliphatic rings. The Labute approximate surface area is 479 Å². The third kappa shape index (κ3) is 10.7. The number of hydrogen-bond donors (Lipinski definition) is 0. The number of carbonyl (C=O) groups excluding carboxylic acids is 3. The van der Waals surface area contributed by atoms with Crippen molar-refractivity contribution in [3.8, 4) is 16.9 Å². The maximum atomic E-state index is 13.9. The molecule has 16 heteroatoms. The van der Waals surface area contributed by atoms with E-state index >= 15 is 0 Å². The standard InChI is InChI=1S/C66H76N10O6/c1-69-53(39-56-55(21-28-67-63(56)69)51-14-18-57-52(38-51)40-68-76(57)62-6-4-5-35-82-62)43-72-31-26-49(27-32-72)48-10-12-50(13-11-48)64(78)73-33-24-45(25-34-73)36-44-22-29-71(30-23-44)41-47-9-17-58-60(37-47)70(2)66(80)75(58)59-19-20-61(77)74(65(59)79)42-46-7-15-54(81-3)16-8-46/h7-18,21,28,37-40,44-45,49,59,62H,4-6,19-20,22-27,29-36,41-43H2,1-3H3. The fourth-order valence-corrected chi connectivity index (χ4v) is 14.2. The van der Waals surface area contributed by atoms with Crippen LogP contribution in [0.4, 0.5) is 0 Å². The average molecular weight is 1110 g/mol. The number of imidazole rings is 1. The van der Waals surface area contributed by atoms with E-state index in [0.717, 1.165) is 149 Å². The van der Waals surface area contributed by atoms with E-state index in [1.54, 1.807) is 23.3 Å². The Balaban J connectivity index is 0.555. The summed E-state index contributed by atoms with van der Waals surface area (Å²) < 4.78 is 18.9. The van der Waals surface area contributed by atoms with Crippen LogP contribution in [-0.2, 0) is 48.1 Å². The monoisotopic (exact) mass is 1100 g/mol. The minimum absolute atomic E-state index is 0.0112. The van der Waals surface area contributed by atoms with Gasteiger partial charge in [0.15, 0.2) is 6.23 Å². The molecule has 0 saturated carbocycles. The van der Waals surface area contributed by atoms with Gasteiger partial charge in [-0.25, -0.2) is 14.5 Å². The number of methoxy groups -OCH3 is 1. The molecule has 5 saturated heterocycles. The van der Waals surface area contributed by atoms with E-state index < -0.39 is 6.04 Å². The quantitative estimate of drug-likeness (QED) is 0.0965. The molecule has 0 aliphatic carbocycles. The van der Waals surface area contributed by atoms with Crippen molar-refractivity contribution in [3.63, 3.8) is 0 Å². The first-order valence-electron chi connectivity index (χ1n) is 30.1. The van der Waals surface area contributed by atoms with Crippen LogP contribution in [0, 0.1) is 11.8 Å². The smallest absolute Gasteiger partial charge is 0.329 e. The summed E-state index contributed by atoms with van der Waals surface area (Å²) in [6.45, 7) is 8.35. The molecule has 4 aromatic carbocycles. The van der Waals surface area contributed by atoms with Crippen molar-refractivity contribution in [3.05, 3.63) is 148 Å². The number of nitrogens with zero attached hydrogens (tertiary/aromatic N) is 10. The van der Waals surface area contributed by atoms with Gasteiger partial charge in [0.2, 0.25) is 5.91 Å². The lowest BCUT2D eigenvalue weighted by Crippen LogP contribution is -2.47. The lowest BCUT2D eigenvalue weighted by Gasteiger charge is -2.37. The summed E-state index contributed by atoms with van der Waals surface area (Å²) in [5.41, 5.74) is 11.1. The molecule has 8 aromatic rings. The van der Waals surface area contributed by atoms with Crippen LogP contribution in [0.25, 0.3) is 44.1 Å². The number of fused-ring (bicyclic) bond motifs is 3. The van der Waals surface area contributed by atoms with Crippen molar-refractivity contribution in [2.45, 2.75) is 115 Å². The van der Waals surface area contributed by atoms with Gasteiger partial charge in [-0.3, -0.25) is 38.2 Å². The molecule has 2 unspecified atom stereocenters. The Bertz CT molecular complexity index is 3700. The number of aromatic nitrogens is 6. The fourth-order valence-electron chi connectivity index (χ4n) is 14.2. The molecule has 2 atom stereocenters. The first-order valence-corrected chi connectivity index (χ1v) is 30.1. The van der Waals surface area contributed by atoms with Gasteiger partial charge in [0.05, 0.1) is 36.4 Å². The number of aryl methyl sites for hydroxylation is 2. The predicted octanol–water partition coefficient (Wildman–Crippen LogP) is 10.4. The molecule has 5 fully saturated rings. The third-order valence-electron chi connectivity index (χ3n) is 19.1. The van der Waals surface area contributed by atoms with E-state index in [0.29, 0.717) is 35.4 Å². The zero-order chi connectivity index (χ0) is 56.0. The molecular weight excluding hydrogens is 1030 g/mol. The van der Waals surface area contributed by atoms with Crippen LogP contribution in [0.2, 0.25) is 0 Å². The molecule has 13 rings (SSSR count). The van der Waals surface area contributed by atoms with Crippen molar-refractivity contribution in [2.75, 3.05) is 53.0 Å². The highest BCUT2D eigenvalue weighted by molar-refractivity contribution is 6.00. The number of rotatable bonds is 14. The number of hydrogen-bond acceptors (Lipinski definition) is 10. The van der Waals surface area contributed by atoms with Crippen LogP contribution >= 0.6 is 0 Å². The number of ether oxygens (including phenoxy) is 2. The van der Waals surface area contributed by atoms with E-state index in [1.807, 2.05) is 47.4 Å². The fraction of sp³-hybridized carbons (Fsp3) is 0.455. The Kier molecular flexibility index (Phi) is 15.2. The molecule has 4 aromatic heterocycles. The second kappa shape index (κ2) is 23.1. The van der Waals surface area contributed by atoms with Gasteiger partial charge in [-0.15, -0.1) is 0 Å². The van der Waals surface area contributed by atoms with E-state index in [2.05, 4.69) is 93.0 Å². The first-order chi connectivity index (χ1) is 40.0. The highest BCUT2D eigenvalue weighted by Crippen LogP contribution is 2.37.